The van der Waals surface area contributed by atoms with Crippen molar-refractivity contribution < 1.29 is 9.32 Å². The van der Waals surface area contributed by atoms with Crippen molar-refractivity contribution in [2.75, 3.05) is 0 Å². The molecular formula is C9H10N4O2S. The molecular weight excluding hydrogens is 228 g/mol. The Hall–Kier alpha value is -1.76. The maximum absolute atomic E-state index is 11.5. The van der Waals surface area contributed by atoms with Gasteiger partial charge in [-0.2, -0.15) is 4.98 Å². The van der Waals surface area contributed by atoms with Gasteiger partial charge in [-0.3, -0.25) is 4.79 Å². The van der Waals surface area contributed by atoms with Gasteiger partial charge in [0.25, 0.3) is 5.91 Å². The van der Waals surface area contributed by atoms with Crippen LogP contribution in [-0.2, 0) is 13.0 Å². The van der Waals surface area contributed by atoms with E-state index in [2.05, 4.69) is 19.8 Å². The number of aromatic nitrogens is 3. The zero-order valence-corrected chi connectivity index (χ0v) is 9.45. The maximum Gasteiger partial charge on any atom is 0.254 e. The van der Waals surface area contributed by atoms with Crippen LogP contribution < -0.4 is 5.32 Å². The van der Waals surface area contributed by atoms with Gasteiger partial charge in [-0.1, -0.05) is 12.1 Å². The molecule has 0 bridgehead atoms. The molecule has 2 rings (SSSR count). The average Bonchev–Trinajstić information content (AvgIpc) is 2.96. The van der Waals surface area contributed by atoms with Gasteiger partial charge in [0, 0.05) is 11.8 Å². The second kappa shape index (κ2) is 4.84. The molecule has 0 fully saturated rings. The molecule has 16 heavy (non-hydrogen) atoms. The summed E-state index contributed by atoms with van der Waals surface area (Å²) in [4.78, 5) is 15.6. The van der Waals surface area contributed by atoms with Crippen molar-refractivity contribution >= 4 is 17.4 Å². The third kappa shape index (κ3) is 2.43. The minimum absolute atomic E-state index is 0.190. The first-order valence-corrected chi connectivity index (χ1v) is 5.62. The van der Waals surface area contributed by atoms with E-state index in [9.17, 15) is 4.79 Å². The molecule has 2 heterocycles. The molecule has 0 saturated carbocycles. The van der Waals surface area contributed by atoms with Gasteiger partial charge in [-0.05, 0) is 11.5 Å². The van der Waals surface area contributed by atoms with E-state index >= 15 is 0 Å². The van der Waals surface area contributed by atoms with Crippen LogP contribution in [0, 0.1) is 0 Å². The average molecular weight is 238 g/mol. The summed E-state index contributed by atoms with van der Waals surface area (Å²) in [5.41, 5.74) is 0.542. The second-order valence-corrected chi connectivity index (χ2v) is 3.71. The summed E-state index contributed by atoms with van der Waals surface area (Å²) in [5.74, 6) is 0.861. The van der Waals surface area contributed by atoms with Gasteiger partial charge in [-0.25, -0.2) is 4.37 Å². The van der Waals surface area contributed by atoms with Gasteiger partial charge in [0.05, 0.1) is 18.3 Å². The van der Waals surface area contributed by atoms with Crippen LogP contribution in [0.4, 0.5) is 0 Å². The Bertz CT molecular complexity index is 466. The zero-order chi connectivity index (χ0) is 11.4. The quantitative estimate of drug-likeness (QED) is 0.860. The second-order valence-electron chi connectivity index (χ2n) is 3.05. The van der Waals surface area contributed by atoms with E-state index in [-0.39, 0.29) is 12.5 Å². The first-order chi connectivity index (χ1) is 7.79. The Morgan fingerprint density at radius 2 is 2.50 bits per heavy atom. The van der Waals surface area contributed by atoms with Crippen molar-refractivity contribution in [1.82, 2.24) is 19.8 Å². The van der Waals surface area contributed by atoms with E-state index in [4.69, 9.17) is 4.52 Å². The summed E-state index contributed by atoms with van der Waals surface area (Å²) in [5, 5.41) is 8.08. The number of nitrogens with one attached hydrogen (secondary N) is 1. The van der Waals surface area contributed by atoms with Crippen molar-refractivity contribution in [3.63, 3.8) is 0 Å². The normalized spacial score (nSPS) is 10.3. The third-order valence-electron chi connectivity index (χ3n) is 1.92. The van der Waals surface area contributed by atoms with Crippen molar-refractivity contribution in [1.29, 1.82) is 0 Å². The molecule has 0 aliphatic rings. The Kier molecular flexibility index (Phi) is 3.25. The first-order valence-electron chi connectivity index (χ1n) is 4.78. The highest BCUT2D eigenvalue weighted by molar-refractivity contribution is 7.03. The fourth-order valence-electron chi connectivity index (χ4n) is 1.08. The van der Waals surface area contributed by atoms with Crippen LogP contribution in [0.1, 0.15) is 29.0 Å². The van der Waals surface area contributed by atoms with Crippen LogP contribution in [0.15, 0.2) is 16.1 Å². The van der Waals surface area contributed by atoms with E-state index in [1.165, 1.54) is 17.7 Å². The lowest BCUT2D eigenvalue weighted by molar-refractivity contribution is 0.0946. The van der Waals surface area contributed by atoms with Crippen LogP contribution in [0.25, 0.3) is 0 Å². The minimum atomic E-state index is -0.190. The number of nitrogens with zero attached hydrogens (tertiary/aromatic N) is 3. The predicted octanol–water partition coefficient (Wildman–Crippen LogP) is 1.02. The molecule has 2 aromatic heterocycles. The van der Waals surface area contributed by atoms with E-state index < -0.39 is 0 Å². The van der Waals surface area contributed by atoms with Crippen LogP contribution in [-0.4, -0.2) is 20.4 Å². The van der Waals surface area contributed by atoms with Gasteiger partial charge >= 0.3 is 0 Å². The lowest BCUT2D eigenvalue weighted by Gasteiger charge is -1.97. The number of amides is 1. The van der Waals surface area contributed by atoms with E-state index in [1.807, 2.05) is 6.92 Å². The fraction of sp³-hybridized carbons (Fsp3) is 0.333. The summed E-state index contributed by atoms with van der Waals surface area (Å²) in [6.07, 6.45) is 2.23. The number of hydrogen-bond acceptors (Lipinski definition) is 6. The summed E-state index contributed by atoms with van der Waals surface area (Å²) in [6, 6.07) is 0. The molecule has 1 N–H and O–H groups in total. The van der Waals surface area contributed by atoms with E-state index in [0.29, 0.717) is 23.7 Å². The Morgan fingerprint density at radius 3 is 3.12 bits per heavy atom. The maximum atomic E-state index is 11.5. The van der Waals surface area contributed by atoms with Gasteiger partial charge in [0.15, 0.2) is 5.82 Å². The standard InChI is InChI=1S/C9H10N4O2S/c1-2-7-12-8(15-13-7)4-10-9(14)6-3-11-16-5-6/h3,5H,2,4H2,1H3,(H,10,14). The Balaban J connectivity index is 1.90. The number of carbonyl (C=O) groups excluding carboxylic acids is 1. The van der Waals surface area contributed by atoms with Gasteiger partial charge in [0.1, 0.15) is 0 Å². The molecule has 0 atom stereocenters. The summed E-state index contributed by atoms with van der Waals surface area (Å²) < 4.78 is 8.78. The monoisotopic (exact) mass is 238 g/mol. The molecule has 0 unspecified atom stereocenters. The van der Waals surface area contributed by atoms with E-state index in [1.54, 1.807) is 5.38 Å². The molecule has 0 saturated heterocycles. The van der Waals surface area contributed by atoms with Crippen LogP contribution >= 0.6 is 11.5 Å². The molecule has 7 heteroatoms. The van der Waals surface area contributed by atoms with Crippen molar-refractivity contribution in [3.05, 3.63) is 28.9 Å². The smallest absolute Gasteiger partial charge is 0.254 e. The lowest BCUT2D eigenvalue weighted by Crippen LogP contribution is -2.22. The largest absolute Gasteiger partial charge is 0.343 e. The molecule has 1 amide bonds. The summed E-state index contributed by atoms with van der Waals surface area (Å²) >= 11 is 1.24. The molecule has 0 spiro atoms. The topological polar surface area (TPSA) is 80.9 Å². The highest BCUT2D eigenvalue weighted by Crippen LogP contribution is 2.02. The van der Waals surface area contributed by atoms with Crippen LogP contribution in [0.3, 0.4) is 0 Å². The highest BCUT2D eigenvalue weighted by atomic mass is 32.1. The molecule has 0 aliphatic carbocycles. The first kappa shape index (κ1) is 10.7. The fourth-order valence-corrected chi connectivity index (χ4v) is 1.60. The number of rotatable bonds is 4. The van der Waals surface area contributed by atoms with E-state index in [0.717, 1.165) is 0 Å². The van der Waals surface area contributed by atoms with Crippen LogP contribution in [0.5, 0.6) is 0 Å². The molecule has 0 radical (unpaired) electrons. The third-order valence-corrected chi connectivity index (χ3v) is 2.51. The number of aryl methyl sites for hydroxylation is 1. The van der Waals surface area contributed by atoms with Gasteiger partial charge in [0.2, 0.25) is 5.89 Å². The summed E-state index contributed by atoms with van der Waals surface area (Å²) in [7, 11) is 0. The SMILES string of the molecule is CCc1noc(CNC(=O)c2cnsc2)n1. The molecule has 2 aromatic rings. The van der Waals surface area contributed by atoms with Crippen molar-refractivity contribution in [2.24, 2.45) is 0 Å². The highest BCUT2D eigenvalue weighted by Gasteiger charge is 2.09. The molecule has 84 valence electrons. The lowest BCUT2D eigenvalue weighted by atomic mass is 10.3. The molecule has 0 aliphatic heterocycles. The molecule has 0 aromatic carbocycles. The minimum Gasteiger partial charge on any atom is -0.343 e. The Morgan fingerprint density at radius 1 is 1.62 bits per heavy atom. The van der Waals surface area contributed by atoms with Crippen LogP contribution in [0.2, 0.25) is 0 Å². The van der Waals surface area contributed by atoms with Gasteiger partial charge in [-0.15, -0.1) is 0 Å². The van der Waals surface area contributed by atoms with Crippen molar-refractivity contribution in [3.8, 4) is 0 Å². The Labute approximate surface area is 95.8 Å². The summed E-state index contributed by atoms with van der Waals surface area (Å²) in [6.45, 7) is 2.17. The van der Waals surface area contributed by atoms with Crippen molar-refractivity contribution in [2.45, 2.75) is 19.9 Å². The molecule has 6 nitrogen and oxygen atoms in total. The number of carbonyl (C=O) groups is 1. The van der Waals surface area contributed by atoms with Gasteiger partial charge < -0.3 is 9.84 Å². The number of hydrogen-bond donors (Lipinski definition) is 1. The predicted molar refractivity (Wildman–Crippen MR) is 57.0 cm³/mol. The zero-order valence-electron chi connectivity index (χ0n) is 8.64.